The van der Waals surface area contributed by atoms with Crippen molar-refractivity contribution in [3.63, 3.8) is 0 Å². The Bertz CT molecular complexity index is 1930. The first kappa shape index (κ1) is 31.8. The molecule has 1 fully saturated rings. The molecule has 0 saturated carbocycles. The first-order valence-electron chi connectivity index (χ1n) is 15.3. The Hall–Kier alpha value is -5.21. The summed E-state index contributed by atoms with van der Waals surface area (Å²) >= 11 is 0. The monoisotopic (exact) mass is 647 g/mol. The molecule has 1 N–H and O–H groups in total. The minimum atomic E-state index is -1.31. The van der Waals surface area contributed by atoms with Gasteiger partial charge < -0.3 is 33.6 Å². The van der Waals surface area contributed by atoms with E-state index in [1.165, 1.54) is 12.0 Å². The lowest BCUT2D eigenvalue weighted by Crippen LogP contribution is -2.54. The molecule has 0 spiro atoms. The smallest absolute Gasteiger partial charge is 0.407 e. The molecule has 47 heavy (non-hydrogen) atoms. The van der Waals surface area contributed by atoms with Gasteiger partial charge in [0.2, 0.25) is 5.88 Å². The van der Waals surface area contributed by atoms with Crippen molar-refractivity contribution in [1.82, 2.24) is 44.1 Å². The Morgan fingerprint density at radius 3 is 2.62 bits per heavy atom. The number of nitrogens with zero attached hydrogens (tertiary/aromatic N) is 8. The number of likely N-dealkylation sites (tertiary alicyclic amines) is 1. The van der Waals surface area contributed by atoms with E-state index in [-0.39, 0.29) is 25.1 Å². The van der Waals surface area contributed by atoms with E-state index in [0.29, 0.717) is 36.0 Å². The fraction of sp³-hybridized carbons (Fsp3) is 0.438. The molecule has 14 nitrogen and oxygen atoms in total. The topological polar surface area (TPSA) is 143 Å². The number of hydrogen-bond acceptors (Lipinski definition) is 9. The Kier molecular flexibility index (Phi) is 8.47. The molecule has 248 valence electrons. The molecule has 6 rings (SSSR count). The number of piperidine rings is 1. The van der Waals surface area contributed by atoms with Crippen LogP contribution >= 0.6 is 0 Å². The summed E-state index contributed by atoms with van der Waals surface area (Å²) in [6.45, 7) is 8.18. The average Bonchev–Trinajstić information content (AvgIpc) is 3.73. The lowest BCUT2D eigenvalue weighted by atomic mass is 10.0. The number of halogens is 1. The number of carbonyl (C=O) groups excluding carboxylic acids is 2. The molecule has 0 radical (unpaired) electrons. The van der Waals surface area contributed by atoms with Crippen molar-refractivity contribution >= 4 is 28.4 Å². The molecule has 1 aliphatic rings. The van der Waals surface area contributed by atoms with E-state index in [1.54, 1.807) is 56.4 Å². The highest BCUT2D eigenvalue weighted by Crippen LogP contribution is 2.36. The number of ether oxygens (including phenoxy) is 3. The number of methoxy groups -OCH3 is 1. The molecule has 0 aromatic carbocycles. The summed E-state index contributed by atoms with van der Waals surface area (Å²) in [5.41, 5.74) is 3.43. The Balaban J connectivity index is 1.28. The van der Waals surface area contributed by atoms with E-state index in [9.17, 15) is 14.0 Å². The summed E-state index contributed by atoms with van der Waals surface area (Å²) < 4.78 is 37.4. The van der Waals surface area contributed by atoms with E-state index in [4.69, 9.17) is 19.3 Å². The third-order valence-corrected chi connectivity index (χ3v) is 8.01. The number of pyridine rings is 2. The molecule has 5 aromatic rings. The fourth-order valence-corrected chi connectivity index (χ4v) is 5.95. The van der Waals surface area contributed by atoms with Gasteiger partial charge in [-0.05, 0) is 45.9 Å². The zero-order valence-corrected chi connectivity index (χ0v) is 27.2. The van der Waals surface area contributed by atoms with Gasteiger partial charge >= 0.3 is 6.09 Å². The first-order chi connectivity index (χ1) is 22.4. The van der Waals surface area contributed by atoms with Crippen LogP contribution in [0.15, 0.2) is 43.2 Å². The fourth-order valence-electron chi connectivity index (χ4n) is 5.95. The van der Waals surface area contributed by atoms with Crippen LogP contribution in [0.25, 0.3) is 27.8 Å². The number of alkyl halides is 1. The van der Waals surface area contributed by atoms with Crippen LogP contribution in [0, 0.1) is 6.92 Å². The summed E-state index contributed by atoms with van der Waals surface area (Å²) in [5, 5.41) is 16.1. The number of alkyl carbamates (subject to hydrolysis) is 1. The van der Waals surface area contributed by atoms with E-state index in [2.05, 4.69) is 20.5 Å². The van der Waals surface area contributed by atoms with Crippen molar-refractivity contribution < 1.29 is 28.2 Å². The number of nitrogens with one attached hydrogen (secondary N) is 1. The van der Waals surface area contributed by atoms with Gasteiger partial charge in [-0.15, -0.1) is 10.2 Å². The molecule has 2 amide bonds. The highest BCUT2D eigenvalue weighted by atomic mass is 19.1. The van der Waals surface area contributed by atoms with Gasteiger partial charge in [-0.3, -0.25) is 4.79 Å². The normalized spacial score (nSPS) is 16.9. The van der Waals surface area contributed by atoms with Gasteiger partial charge in [0, 0.05) is 43.4 Å². The lowest BCUT2D eigenvalue weighted by Gasteiger charge is -2.35. The zero-order valence-electron chi connectivity index (χ0n) is 27.2. The Morgan fingerprint density at radius 2 is 1.89 bits per heavy atom. The second-order valence-electron chi connectivity index (χ2n) is 12.6. The molecular formula is C32H38FN9O5. The van der Waals surface area contributed by atoms with E-state index >= 15 is 0 Å². The van der Waals surface area contributed by atoms with Gasteiger partial charge in [0.25, 0.3) is 5.91 Å². The third kappa shape index (κ3) is 6.55. The molecule has 15 heteroatoms. The summed E-state index contributed by atoms with van der Waals surface area (Å²) in [5.74, 6) is 0.535. The maximum atomic E-state index is 14.8. The van der Waals surface area contributed by atoms with Gasteiger partial charge in [0.1, 0.15) is 53.5 Å². The number of carbonyl (C=O) groups is 2. The van der Waals surface area contributed by atoms with Crippen LogP contribution < -0.4 is 14.8 Å². The van der Waals surface area contributed by atoms with Crippen molar-refractivity contribution in [3.8, 4) is 23.0 Å². The Labute approximate surface area is 270 Å². The quantitative estimate of drug-likeness (QED) is 0.265. The molecule has 0 aliphatic carbocycles. The highest BCUT2D eigenvalue weighted by Gasteiger charge is 2.33. The number of aryl methyl sites for hydroxylation is 2. The van der Waals surface area contributed by atoms with E-state index in [1.807, 2.05) is 35.2 Å². The number of aromatic nitrogens is 7. The number of amides is 2. The van der Waals surface area contributed by atoms with Crippen LogP contribution in [0.3, 0.4) is 0 Å². The molecule has 1 saturated heterocycles. The molecule has 0 unspecified atom stereocenters. The van der Waals surface area contributed by atoms with Crippen LogP contribution in [0.5, 0.6) is 11.6 Å². The molecule has 5 aromatic heterocycles. The van der Waals surface area contributed by atoms with E-state index < -0.39 is 29.8 Å². The molecule has 0 bridgehead atoms. The van der Waals surface area contributed by atoms with Gasteiger partial charge in [-0.25, -0.2) is 18.7 Å². The van der Waals surface area contributed by atoms with Crippen molar-refractivity contribution in [2.45, 2.75) is 58.5 Å². The van der Waals surface area contributed by atoms with Crippen molar-refractivity contribution in [2.75, 3.05) is 26.8 Å². The zero-order chi connectivity index (χ0) is 33.5. The summed E-state index contributed by atoms with van der Waals surface area (Å²) in [6, 6.07) is 4.97. The largest absolute Gasteiger partial charge is 0.494 e. The van der Waals surface area contributed by atoms with Gasteiger partial charge in [-0.2, -0.15) is 5.10 Å². The first-order valence-corrected chi connectivity index (χ1v) is 15.3. The van der Waals surface area contributed by atoms with Crippen LogP contribution in [-0.2, 0) is 18.3 Å². The highest BCUT2D eigenvalue weighted by molar-refractivity contribution is 5.96. The Morgan fingerprint density at radius 1 is 1.13 bits per heavy atom. The van der Waals surface area contributed by atoms with Crippen molar-refractivity contribution in [2.24, 2.45) is 7.05 Å². The van der Waals surface area contributed by atoms with Crippen molar-refractivity contribution in [3.05, 3.63) is 54.4 Å². The lowest BCUT2D eigenvalue weighted by molar-refractivity contribution is 0.0394. The summed E-state index contributed by atoms with van der Waals surface area (Å²) in [4.78, 5) is 32.0. The minimum absolute atomic E-state index is 0.0858. The maximum Gasteiger partial charge on any atom is 0.407 e. The van der Waals surface area contributed by atoms with E-state index in [0.717, 1.165) is 22.2 Å². The predicted octanol–water partition coefficient (Wildman–Crippen LogP) is 3.95. The van der Waals surface area contributed by atoms with Gasteiger partial charge in [-0.1, -0.05) is 0 Å². The SMILES string of the molecule is COc1cc(C(=O)N2C[C@H](F)C[C@@H](NC(=O)OC(C)(C)C)C2)cn2nc(-c3cc4ccnc(OCCn5cnnc5)c4n3C)c(C)c12. The van der Waals surface area contributed by atoms with Crippen LogP contribution in [0.2, 0.25) is 0 Å². The van der Waals surface area contributed by atoms with Crippen LogP contribution in [0.4, 0.5) is 9.18 Å². The second kappa shape index (κ2) is 12.5. The molecule has 6 heterocycles. The number of rotatable bonds is 8. The second-order valence-corrected chi connectivity index (χ2v) is 12.6. The van der Waals surface area contributed by atoms with Crippen LogP contribution in [0.1, 0.15) is 43.1 Å². The minimum Gasteiger partial charge on any atom is -0.494 e. The number of hydrogen-bond donors (Lipinski definition) is 1. The summed E-state index contributed by atoms with van der Waals surface area (Å²) in [6.07, 6.45) is 4.70. The molecular weight excluding hydrogens is 609 g/mol. The van der Waals surface area contributed by atoms with Crippen LogP contribution in [-0.4, -0.2) is 95.5 Å². The van der Waals surface area contributed by atoms with Gasteiger partial charge in [0.15, 0.2) is 0 Å². The van der Waals surface area contributed by atoms with Crippen molar-refractivity contribution in [1.29, 1.82) is 0 Å². The molecule has 2 atom stereocenters. The predicted molar refractivity (Wildman–Crippen MR) is 170 cm³/mol. The standard InChI is InChI=1S/C32H38FN9O5/c1-19-26(24-11-20-7-8-34-29(28(20)39(24)5)46-10-9-40-17-35-36-18-40)38-42-14-21(12-25(45-6)27(19)42)30(43)41-15-22(33)13-23(16-41)37-31(44)47-32(2,3)4/h7-8,11-12,14,17-18,22-23H,9-10,13,15-16H2,1-6H3,(H,37,44)/t22-,23-/m1/s1. The van der Waals surface area contributed by atoms with Gasteiger partial charge in [0.05, 0.1) is 37.5 Å². The molecule has 1 aliphatic heterocycles. The third-order valence-electron chi connectivity index (χ3n) is 8.01. The summed E-state index contributed by atoms with van der Waals surface area (Å²) in [7, 11) is 3.45. The maximum absolute atomic E-state index is 14.8. The number of fused-ring (bicyclic) bond motifs is 2. The average molecular weight is 648 g/mol.